The van der Waals surface area contributed by atoms with Crippen LogP contribution in [-0.2, 0) is 4.74 Å². The number of carbonyl (C=O) groups is 1. The molecule has 6 heteroatoms. The van der Waals surface area contributed by atoms with Gasteiger partial charge in [0.2, 0.25) is 0 Å². The summed E-state index contributed by atoms with van der Waals surface area (Å²) in [5.41, 5.74) is 0.711. The van der Waals surface area contributed by atoms with Gasteiger partial charge in [0.25, 0.3) is 0 Å². The largest absolute Gasteiger partial charge is 0.477 e. The first-order valence-electron chi connectivity index (χ1n) is 4.90. The van der Waals surface area contributed by atoms with Crippen LogP contribution in [0.25, 0.3) is 0 Å². The number of nitrogens with zero attached hydrogens (tertiary/aromatic N) is 2. The first-order chi connectivity index (χ1) is 7.68. The number of hydrogen-bond acceptors (Lipinski definition) is 4. The van der Waals surface area contributed by atoms with Crippen molar-refractivity contribution in [3.05, 3.63) is 23.0 Å². The van der Waals surface area contributed by atoms with E-state index in [-0.39, 0.29) is 5.69 Å². The van der Waals surface area contributed by atoms with E-state index in [1.54, 1.807) is 0 Å². The standard InChI is InChI=1S/C10H11ClN2O3/c11-7-6-12-8(10(14)15)5-9(7)13-1-3-16-4-2-13/h5-6H,1-4H2,(H,14,15). The molecule has 0 radical (unpaired) electrons. The van der Waals surface area contributed by atoms with E-state index in [9.17, 15) is 4.79 Å². The molecule has 86 valence electrons. The summed E-state index contributed by atoms with van der Waals surface area (Å²) in [7, 11) is 0. The summed E-state index contributed by atoms with van der Waals surface area (Å²) < 4.78 is 5.22. The number of anilines is 1. The van der Waals surface area contributed by atoms with Crippen LogP contribution in [0.4, 0.5) is 5.69 Å². The molecule has 1 N–H and O–H groups in total. The smallest absolute Gasteiger partial charge is 0.354 e. The molecule has 2 rings (SSSR count). The van der Waals surface area contributed by atoms with E-state index in [2.05, 4.69) is 4.98 Å². The summed E-state index contributed by atoms with van der Waals surface area (Å²) in [6, 6.07) is 1.50. The molecule has 0 amide bonds. The maximum Gasteiger partial charge on any atom is 0.354 e. The van der Waals surface area contributed by atoms with E-state index < -0.39 is 5.97 Å². The highest BCUT2D eigenvalue weighted by Crippen LogP contribution is 2.26. The second-order valence-electron chi connectivity index (χ2n) is 3.43. The van der Waals surface area contributed by atoms with Gasteiger partial charge in [0.05, 0.1) is 23.9 Å². The third kappa shape index (κ3) is 2.25. The topological polar surface area (TPSA) is 62.7 Å². The summed E-state index contributed by atoms with van der Waals surface area (Å²) in [6.07, 6.45) is 1.37. The fraction of sp³-hybridized carbons (Fsp3) is 0.400. The summed E-state index contributed by atoms with van der Waals surface area (Å²) in [5, 5.41) is 9.31. The van der Waals surface area contributed by atoms with Crippen molar-refractivity contribution < 1.29 is 14.6 Å². The minimum absolute atomic E-state index is 0.00546. The molecule has 16 heavy (non-hydrogen) atoms. The number of rotatable bonds is 2. The zero-order chi connectivity index (χ0) is 11.5. The lowest BCUT2D eigenvalue weighted by atomic mass is 10.2. The molecular weight excluding hydrogens is 232 g/mol. The van der Waals surface area contributed by atoms with E-state index in [0.29, 0.717) is 37.0 Å². The predicted molar refractivity (Wildman–Crippen MR) is 59.2 cm³/mol. The molecule has 0 spiro atoms. The minimum atomic E-state index is -1.05. The molecule has 0 aromatic carbocycles. The predicted octanol–water partition coefficient (Wildman–Crippen LogP) is 1.27. The second kappa shape index (κ2) is 4.67. The van der Waals surface area contributed by atoms with Gasteiger partial charge in [-0.3, -0.25) is 0 Å². The molecule has 0 saturated carbocycles. The fourth-order valence-electron chi connectivity index (χ4n) is 1.59. The van der Waals surface area contributed by atoms with E-state index >= 15 is 0 Å². The number of halogens is 1. The lowest BCUT2D eigenvalue weighted by Gasteiger charge is -2.29. The van der Waals surface area contributed by atoms with Crippen molar-refractivity contribution in [3.8, 4) is 0 Å². The number of aromatic nitrogens is 1. The Hall–Kier alpha value is -1.33. The number of pyridine rings is 1. The van der Waals surface area contributed by atoms with Crippen LogP contribution in [0.1, 0.15) is 10.5 Å². The Balaban J connectivity index is 2.30. The average Bonchev–Trinajstić information content (AvgIpc) is 2.30. The zero-order valence-corrected chi connectivity index (χ0v) is 9.28. The Bertz CT molecular complexity index is 405. The van der Waals surface area contributed by atoms with Crippen LogP contribution in [0.3, 0.4) is 0 Å². The van der Waals surface area contributed by atoms with Crippen LogP contribution in [0.15, 0.2) is 12.3 Å². The number of carboxylic acids is 1. The van der Waals surface area contributed by atoms with Crippen LogP contribution < -0.4 is 4.90 Å². The lowest BCUT2D eigenvalue weighted by molar-refractivity contribution is 0.0690. The molecule has 1 aliphatic heterocycles. The number of morpholine rings is 1. The molecule has 0 atom stereocenters. The van der Waals surface area contributed by atoms with Gasteiger partial charge >= 0.3 is 5.97 Å². The lowest BCUT2D eigenvalue weighted by Crippen LogP contribution is -2.36. The monoisotopic (exact) mass is 242 g/mol. The van der Waals surface area contributed by atoms with E-state index in [0.717, 1.165) is 0 Å². The average molecular weight is 243 g/mol. The van der Waals surface area contributed by atoms with Crippen LogP contribution in [0, 0.1) is 0 Å². The first kappa shape index (κ1) is 11.2. The van der Waals surface area contributed by atoms with Gasteiger partial charge < -0.3 is 14.7 Å². The summed E-state index contributed by atoms with van der Waals surface area (Å²) in [4.78, 5) is 16.5. The molecule has 0 unspecified atom stereocenters. The molecule has 5 nitrogen and oxygen atoms in total. The molecule has 0 bridgehead atoms. The quantitative estimate of drug-likeness (QED) is 0.846. The van der Waals surface area contributed by atoms with E-state index in [1.807, 2.05) is 4.90 Å². The van der Waals surface area contributed by atoms with Gasteiger partial charge in [0.15, 0.2) is 0 Å². The normalized spacial score (nSPS) is 16.2. The van der Waals surface area contributed by atoms with E-state index in [4.69, 9.17) is 21.4 Å². The van der Waals surface area contributed by atoms with Gasteiger partial charge in [0, 0.05) is 19.3 Å². The number of hydrogen-bond donors (Lipinski definition) is 1. The van der Waals surface area contributed by atoms with Crippen LogP contribution in [-0.4, -0.2) is 42.4 Å². The van der Waals surface area contributed by atoms with Crippen LogP contribution in [0.2, 0.25) is 5.02 Å². The Morgan fingerprint density at radius 3 is 2.81 bits per heavy atom. The van der Waals surface area contributed by atoms with Gasteiger partial charge in [0.1, 0.15) is 5.69 Å². The van der Waals surface area contributed by atoms with Gasteiger partial charge in [-0.2, -0.15) is 0 Å². The maximum atomic E-state index is 10.8. The van der Waals surface area contributed by atoms with Gasteiger partial charge in [-0.1, -0.05) is 11.6 Å². The second-order valence-corrected chi connectivity index (χ2v) is 3.83. The van der Waals surface area contributed by atoms with E-state index in [1.165, 1.54) is 12.3 Å². The number of ether oxygens (including phenoxy) is 1. The summed E-state index contributed by atoms with van der Waals surface area (Å²) >= 11 is 6.00. The van der Waals surface area contributed by atoms with Crippen LogP contribution in [0.5, 0.6) is 0 Å². The Labute approximate surface area is 97.6 Å². The minimum Gasteiger partial charge on any atom is -0.477 e. The van der Waals surface area contributed by atoms with Crippen molar-refractivity contribution in [2.75, 3.05) is 31.2 Å². The van der Waals surface area contributed by atoms with Crippen molar-refractivity contribution in [2.45, 2.75) is 0 Å². The highest BCUT2D eigenvalue weighted by molar-refractivity contribution is 6.33. The Morgan fingerprint density at radius 1 is 1.50 bits per heavy atom. The number of carboxylic acid groups (broad SMARTS) is 1. The molecule has 1 fully saturated rings. The first-order valence-corrected chi connectivity index (χ1v) is 5.28. The molecule has 1 aromatic rings. The molecule has 1 saturated heterocycles. The van der Waals surface area contributed by atoms with Gasteiger partial charge in [-0.15, -0.1) is 0 Å². The van der Waals surface area contributed by atoms with Crippen molar-refractivity contribution in [3.63, 3.8) is 0 Å². The maximum absolute atomic E-state index is 10.8. The number of aromatic carboxylic acids is 1. The zero-order valence-electron chi connectivity index (χ0n) is 8.52. The Morgan fingerprint density at radius 2 is 2.19 bits per heavy atom. The third-order valence-electron chi connectivity index (χ3n) is 2.41. The molecule has 0 aliphatic carbocycles. The van der Waals surface area contributed by atoms with Crippen molar-refractivity contribution in [1.29, 1.82) is 0 Å². The molecule has 1 aromatic heterocycles. The van der Waals surface area contributed by atoms with Crippen molar-refractivity contribution in [1.82, 2.24) is 4.98 Å². The highest BCUT2D eigenvalue weighted by Gasteiger charge is 2.16. The van der Waals surface area contributed by atoms with Crippen molar-refractivity contribution >= 4 is 23.3 Å². The SMILES string of the molecule is O=C(O)c1cc(N2CCOCC2)c(Cl)cn1. The van der Waals surface area contributed by atoms with Gasteiger partial charge in [-0.25, -0.2) is 9.78 Å². The van der Waals surface area contributed by atoms with Crippen LogP contribution >= 0.6 is 11.6 Å². The highest BCUT2D eigenvalue weighted by atomic mass is 35.5. The van der Waals surface area contributed by atoms with Crippen molar-refractivity contribution in [2.24, 2.45) is 0 Å². The molecule has 2 heterocycles. The van der Waals surface area contributed by atoms with Gasteiger partial charge in [-0.05, 0) is 6.07 Å². The fourth-order valence-corrected chi connectivity index (χ4v) is 1.81. The summed E-state index contributed by atoms with van der Waals surface area (Å²) in [6.45, 7) is 2.67. The third-order valence-corrected chi connectivity index (χ3v) is 2.70. The summed E-state index contributed by atoms with van der Waals surface area (Å²) in [5.74, 6) is -1.05. The molecular formula is C10H11ClN2O3. The Kier molecular flexibility index (Phi) is 3.26. The molecule has 1 aliphatic rings.